The Morgan fingerprint density at radius 3 is 1.15 bits per heavy atom. The molecule has 1 unspecified atom stereocenters. The first-order valence-electron chi connectivity index (χ1n) is 4.33. The van der Waals surface area contributed by atoms with Crippen LogP contribution in [0.4, 0.5) is 0 Å². The van der Waals surface area contributed by atoms with E-state index in [0.29, 0.717) is 6.61 Å². The van der Waals surface area contributed by atoms with Crippen LogP contribution in [0.25, 0.3) is 0 Å². The maximum Gasteiger partial charge on any atom is 0.334 e. The zero-order chi connectivity index (χ0) is 17.3. The Morgan fingerprint density at radius 2 is 1.10 bits per heavy atom. The molecule has 0 aromatic rings. The van der Waals surface area contributed by atoms with Crippen LogP contribution in [0, 0.1) is 0 Å². The highest BCUT2D eigenvalue weighted by Crippen LogP contribution is 2.12. The van der Waals surface area contributed by atoms with Crippen molar-refractivity contribution in [2.75, 3.05) is 6.61 Å². The Labute approximate surface area is 118 Å². The van der Waals surface area contributed by atoms with Gasteiger partial charge in [-0.1, -0.05) is 0 Å². The molecule has 0 aromatic carbocycles. The van der Waals surface area contributed by atoms with E-state index >= 15 is 0 Å². The van der Waals surface area contributed by atoms with Crippen molar-refractivity contribution >= 4 is 31.8 Å². The van der Waals surface area contributed by atoms with E-state index in [1.54, 1.807) is 6.92 Å². The molecule has 126 valence electrons. The second-order valence-corrected chi connectivity index (χ2v) is 3.84. The molecule has 20 heavy (non-hydrogen) atoms. The normalized spacial score (nSPS) is 10.6. The van der Waals surface area contributed by atoms with E-state index in [4.69, 9.17) is 49.1 Å². The summed E-state index contributed by atoms with van der Waals surface area (Å²) in [5.74, 6) is -0.562. The van der Waals surface area contributed by atoms with Gasteiger partial charge in [0.2, 0.25) is 0 Å². The van der Waals surface area contributed by atoms with Crippen LogP contribution in [0.3, 0.4) is 0 Å². The third-order valence-electron chi connectivity index (χ3n) is 0.628. The van der Waals surface area contributed by atoms with Crippen LogP contribution >= 0.6 is 25.8 Å². The summed E-state index contributed by atoms with van der Waals surface area (Å²) < 4.78 is 4.41. The average molecular weight is 364 g/mol. The number of hydrogen-bond acceptors (Lipinski definition) is 12. The minimum Gasteiger partial charge on any atom is -0.464 e. The Kier molecular flexibility index (Phi) is 30.9. The summed E-state index contributed by atoms with van der Waals surface area (Å²) in [5, 5.41) is 8.48. The molecule has 0 bridgehead atoms. The van der Waals surface area contributed by atoms with Crippen LogP contribution in [0.15, 0.2) is 0 Å². The lowest BCUT2D eigenvalue weighted by Crippen LogP contribution is -2.18. The highest BCUT2D eigenvalue weighted by molar-refractivity contribution is 7.38. The maximum absolute atomic E-state index is 10.3. The summed E-state index contributed by atoms with van der Waals surface area (Å²) in [5.41, 5.74) is 0. The SMILES string of the molecule is CCOC(=O)C(C)O.OP(O)O.OP(O)O.OP(O)O. The molecule has 0 rings (SSSR count). The van der Waals surface area contributed by atoms with Gasteiger partial charge in [-0.25, -0.2) is 4.79 Å². The predicted molar refractivity (Wildman–Crippen MR) is 69.0 cm³/mol. The first-order chi connectivity index (χ1) is 8.88. The van der Waals surface area contributed by atoms with E-state index in [0.717, 1.165) is 0 Å². The van der Waals surface area contributed by atoms with Crippen molar-refractivity contribution < 1.29 is 58.7 Å². The summed E-state index contributed by atoms with van der Waals surface area (Å²) in [6, 6.07) is 0. The summed E-state index contributed by atoms with van der Waals surface area (Å²) in [7, 11) is -7.86. The van der Waals surface area contributed by atoms with E-state index in [1.165, 1.54) is 6.92 Å². The fraction of sp³-hybridized carbons (Fsp3) is 0.800. The van der Waals surface area contributed by atoms with Crippen molar-refractivity contribution in [3.8, 4) is 0 Å². The van der Waals surface area contributed by atoms with Gasteiger partial charge in [0.05, 0.1) is 6.61 Å². The van der Waals surface area contributed by atoms with Gasteiger partial charge in [0.15, 0.2) is 0 Å². The average Bonchev–Trinajstić information content (AvgIpc) is 2.14. The molecule has 0 saturated heterocycles. The van der Waals surface area contributed by atoms with Gasteiger partial charge in [-0.05, 0) is 13.8 Å². The summed E-state index contributed by atoms with van der Waals surface area (Å²) >= 11 is 0. The molecule has 0 aliphatic carbocycles. The lowest BCUT2D eigenvalue weighted by atomic mass is 10.4. The van der Waals surface area contributed by atoms with E-state index < -0.39 is 37.9 Å². The fourth-order valence-electron chi connectivity index (χ4n) is 0.263. The van der Waals surface area contributed by atoms with Gasteiger partial charge in [-0.3, -0.25) is 0 Å². The molecule has 0 radical (unpaired) electrons. The lowest BCUT2D eigenvalue weighted by Gasteiger charge is -2.01. The first kappa shape index (κ1) is 28.5. The van der Waals surface area contributed by atoms with Crippen LogP contribution < -0.4 is 0 Å². The van der Waals surface area contributed by atoms with E-state index in [9.17, 15) is 4.79 Å². The molecule has 0 spiro atoms. The molecular formula is C5H19O12P3. The van der Waals surface area contributed by atoms with E-state index in [-0.39, 0.29) is 0 Å². The van der Waals surface area contributed by atoms with Crippen LogP contribution in [-0.4, -0.2) is 67.8 Å². The molecule has 0 heterocycles. The van der Waals surface area contributed by atoms with Gasteiger partial charge in [0, 0.05) is 0 Å². The third kappa shape index (κ3) is 102. The van der Waals surface area contributed by atoms with E-state index in [1.807, 2.05) is 0 Å². The second kappa shape index (κ2) is 21.7. The zero-order valence-electron chi connectivity index (χ0n) is 10.4. The smallest absolute Gasteiger partial charge is 0.334 e. The number of rotatable bonds is 2. The number of esters is 1. The zero-order valence-corrected chi connectivity index (χ0v) is 13.1. The van der Waals surface area contributed by atoms with Gasteiger partial charge in [-0.2, -0.15) is 0 Å². The molecule has 15 heteroatoms. The van der Waals surface area contributed by atoms with E-state index in [2.05, 4.69) is 4.74 Å². The minimum absolute atomic E-state index is 0.323. The molecule has 1 atom stereocenters. The Hall–Kier alpha value is 0.360. The predicted octanol–water partition coefficient (Wildman–Crippen LogP) is -2.50. The maximum atomic E-state index is 10.3. The largest absolute Gasteiger partial charge is 0.464 e. The highest BCUT2D eigenvalue weighted by atomic mass is 31.2. The van der Waals surface area contributed by atoms with Crippen molar-refractivity contribution in [2.24, 2.45) is 0 Å². The fourth-order valence-corrected chi connectivity index (χ4v) is 0.263. The van der Waals surface area contributed by atoms with Crippen molar-refractivity contribution in [1.29, 1.82) is 0 Å². The van der Waals surface area contributed by atoms with Crippen LogP contribution in [-0.2, 0) is 9.53 Å². The number of aliphatic hydroxyl groups excluding tert-OH is 1. The molecular weight excluding hydrogens is 345 g/mol. The standard InChI is InChI=1S/C5H10O3.3H3O3P/c1-3-8-5(7)4(2)6;3*1-4(2)3/h4,6H,3H2,1-2H3;3*1-3H. The summed E-state index contributed by atoms with van der Waals surface area (Å²) in [6.07, 6.45) is -0.991. The second-order valence-electron chi connectivity index (χ2n) is 2.23. The van der Waals surface area contributed by atoms with Gasteiger partial charge in [0.25, 0.3) is 0 Å². The van der Waals surface area contributed by atoms with Gasteiger partial charge < -0.3 is 53.9 Å². The minimum atomic E-state index is -2.62. The Morgan fingerprint density at radius 1 is 0.900 bits per heavy atom. The lowest BCUT2D eigenvalue weighted by molar-refractivity contribution is -0.151. The number of ether oxygens (including phenoxy) is 1. The Balaban J connectivity index is -0.0000000917. The third-order valence-corrected chi connectivity index (χ3v) is 0.628. The van der Waals surface area contributed by atoms with Gasteiger partial charge >= 0.3 is 31.8 Å². The van der Waals surface area contributed by atoms with Crippen molar-refractivity contribution in [2.45, 2.75) is 20.0 Å². The number of aliphatic hydroxyl groups is 1. The topological polar surface area (TPSA) is 229 Å². The number of carbonyl (C=O) groups is 1. The van der Waals surface area contributed by atoms with Crippen LogP contribution in [0.2, 0.25) is 0 Å². The highest BCUT2D eigenvalue weighted by Gasteiger charge is 2.07. The monoisotopic (exact) mass is 364 g/mol. The van der Waals surface area contributed by atoms with Gasteiger partial charge in [0.1, 0.15) is 6.10 Å². The molecule has 0 amide bonds. The van der Waals surface area contributed by atoms with Crippen molar-refractivity contribution in [3.05, 3.63) is 0 Å². The molecule has 10 N–H and O–H groups in total. The summed E-state index contributed by atoms with van der Waals surface area (Å²) in [6.45, 7) is 3.39. The molecule has 0 aromatic heterocycles. The Bertz CT molecular complexity index is 165. The number of carbonyl (C=O) groups excluding carboxylic acids is 1. The molecule has 12 nitrogen and oxygen atoms in total. The van der Waals surface area contributed by atoms with Crippen molar-refractivity contribution in [1.82, 2.24) is 0 Å². The first-order valence-corrected chi connectivity index (χ1v) is 7.93. The molecule has 0 aliphatic rings. The molecule has 0 fully saturated rings. The van der Waals surface area contributed by atoms with Crippen LogP contribution in [0.5, 0.6) is 0 Å². The molecule has 0 aliphatic heterocycles. The van der Waals surface area contributed by atoms with Crippen LogP contribution in [0.1, 0.15) is 13.8 Å². The van der Waals surface area contributed by atoms with Gasteiger partial charge in [-0.15, -0.1) is 0 Å². The quantitative estimate of drug-likeness (QED) is 0.181. The summed E-state index contributed by atoms with van der Waals surface area (Å²) in [4.78, 5) is 75.4. The van der Waals surface area contributed by atoms with Crippen molar-refractivity contribution in [3.63, 3.8) is 0 Å². The molecule has 0 saturated carbocycles. The number of hydrogen-bond donors (Lipinski definition) is 10.